The molecule has 1 aromatic carbocycles. The Balaban J connectivity index is 2.29. The fourth-order valence-electron chi connectivity index (χ4n) is 1.66. The number of methoxy groups -OCH3 is 1. The maximum atomic E-state index is 11.0. The molecule has 14 heavy (non-hydrogen) atoms. The van der Waals surface area contributed by atoms with Crippen molar-refractivity contribution >= 4 is 5.97 Å². The van der Waals surface area contributed by atoms with E-state index in [0.29, 0.717) is 0 Å². The van der Waals surface area contributed by atoms with Crippen LogP contribution in [0.5, 0.6) is 5.75 Å². The molecule has 74 valence electrons. The highest BCUT2D eigenvalue weighted by molar-refractivity contribution is 5.84. The van der Waals surface area contributed by atoms with Gasteiger partial charge >= 0.3 is 5.97 Å². The van der Waals surface area contributed by atoms with E-state index in [0.717, 1.165) is 24.2 Å². The molecule has 0 radical (unpaired) electrons. The first kappa shape index (κ1) is 9.06. The molecule has 0 aliphatic heterocycles. The van der Waals surface area contributed by atoms with Crippen molar-refractivity contribution in [3.63, 3.8) is 0 Å². The maximum Gasteiger partial charge on any atom is 0.314 e. The van der Waals surface area contributed by atoms with Crippen LogP contribution in [0.25, 0.3) is 0 Å². The first-order chi connectivity index (χ1) is 6.69. The van der Waals surface area contributed by atoms with Crippen LogP contribution >= 0.6 is 0 Å². The van der Waals surface area contributed by atoms with Crippen molar-refractivity contribution in [1.82, 2.24) is 0 Å². The largest absolute Gasteiger partial charge is 0.497 e. The summed E-state index contributed by atoms with van der Waals surface area (Å²) in [6.07, 6.45) is 1.49. The predicted octanol–water partition coefficient (Wildman–Crippen LogP) is 1.81. The zero-order valence-corrected chi connectivity index (χ0v) is 7.99. The number of benzene rings is 1. The zero-order valence-electron chi connectivity index (χ0n) is 7.99. The first-order valence-corrected chi connectivity index (χ1v) is 4.57. The van der Waals surface area contributed by atoms with Gasteiger partial charge < -0.3 is 9.84 Å². The van der Waals surface area contributed by atoms with Crippen molar-refractivity contribution in [2.24, 2.45) is 0 Å². The van der Waals surface area contributed by atoms with Gasteiger partial charge in [0.15, 0.2) is 0 Å². The normalized spacial score (nSPS) is 17.5. The lowest BCUT2D eigenvalue weighted by Crippen LogP contribution is -2.19. The van der Waals surface area contributed by atoms with Gasteiger partial charge in [-0.3, -0.25) is 4.79 Å². The van der Waals surface area contributed by atoms with Gasteiger partial charge in [0.2, 0.25) is 0 Å². The van der Waals surface area contributed by atoms with Crippen molar-refractivity contribution in [3.8, 4) is 5.75 Å². The fraction of sp³-hybridized carbons (Fsp3) is 0.364. The van der Waals surface area contributed by atoms with Gasteiger partial charge in [0, 0.05) is 0 Å². The van der Waals surface area contributed by atoms with Crippen molar-refractivity contribution in [3.05, 3.63) is 29.8 Å². The highest BCUT2D eigenvalue weighted by Crippen LogP contribution is 2.48. The molecular formula is C11H12O3. The second-order valence-electron chi connectivity index (χ2n) is 3.62. The average molecular weight is 192 g/mol. The van der Waals surface area contributed by atoms with E-state index in [9.17, 15) is 4.79 Å². The van der Waals surface area contributed by atoms with Gasteiger partial charge in [-0.2, -0.15) is 0 Å². The summed E-state index contributed by atoms with van der Waals surface area (Å²) >= 11 is 0. The molecule has 1 aliphatic carbocycles. The third-order valence-corrected chi connectivity index (χ3v) is 2.80. The summed E-state index contributed by atoms with van der Waals surface area (Å²) in [6.45, 7) is 0. The van der Waals surface area contributed by atoms with E-state index in [1.54, 1.807) is 19.2 Å². The van der Waals surface area contributed by atoms with Crippen LogP contribution in [0.4, 0.5) is 0 Å². The molecule has 0 saturated heterocycles. The van der Waals surface area contributed by atoms with Crippen LogP contribution in [-0.2, 0) is 10.2 Å². The Labute approximate surface area is 82.3 Å². The summed E-state index contributed by atoms with van der Waals surface area (Å²) in [5.74, 6) is 0.0394. The summed E-state index contributed by atoms with van der Waals surface area (Å²) in [6, 6.07) is 7.27. The van der Waals surface area contributed by atoms with Gasteiger partial charge in [-0.15, -0.1) is 0 Å². The van der Waals surface area contributed by atoms with Gasteiger partial charge in [-0.1, -0.05) is 12.1 Å². The summed E-state index contributed by atoms with van der Waals surface area (Å²) in [5.41, 5.74) is 0.275. The van der Waals surface area contributed by atoms with Gasteiger partial charge in [0.25, 0.3) is 0 Å². The third-order valence-electron chi connectivity index (χ3n) is 2.80. The molecule has 0 amide bonds. The van der Waals surface area contributed by atoms with E-state index >= 15 is 0 Å². The average Bonchev–Trinajstić information content (AvgIpc) is 2.99. The monoisotopic (exact) mass is 192 g/mol. The van der Waals surface area contributed by atoms with Crippen LogP contribution in [-0.4, -0.2) is 18.2 Å². The molecule has 0 atom stereocenters. The Morgan fingerprint density at radius 2 is 1.93 bits per heavy atom. The van der Waals surface area contributed by atoms with E-state index in [1.807, 2.05) is 12.1 Å². The Kier molecular flexibility index (Phi) is 1.95. The predicted molar refractivity (Wildman–Crippen MR) is 51.5 cm³/mol. The summed E-state index contributed by atoms with van der Waals surface area (Å²) in [4.78, 5) is 11.0. The van der Waals surface area contributed by atoms with Crippen LogP contribution < -0.4 is 4.74 Å². The van der Waals surface area contributed by atoms with Gasteiger partial charge in [0.05, 0.1) is 12.5 Å². The van der Waals surface area contributed by atoms with Crippen molar-refractivity contribution < 1.29 is 14.6 Å². The maximum absolute atomic E-state index is 11.0. The van der Waals surface area contributed by atoms with E-state index in [-0.39, 0.29) is 0 Å². The summed E-state index contributed by atoms with van der Waals surface area (Å²) in [5, 5.41) is 9.05. The summed E-state index contributed by atoms with van der Waals surface area (Å²) in [7, 11) is 1.60. The van der Waals surface area contributed by atoms with Gasteiger partial charge in [0.1, 0.15) is 5.75 Å². The lowest BCUT2D eigenvalue weighted by molar-refractivity contribution is -0.140. The van der Waals surface area contributed by atoms with Crippen LogP contribution in [0.3, 0.4) is 0 Å². The molecule has 1 saturated carbocycles. The number of hydrogen-bond donors (Lipinski definition) is 1. The van der Waals surface area contributed by atoms with Crippen molar-refractivity contribution in [2.45, 2.75) is 18.3 Å². The van der Waals surface area contributed by atoms with Crippen LogP contribution in [0.2, 0.25) is 0 Å². The highest BCUT2D eigenvalue weighted by atomic mass is 16.5. The van der Waals surface area contributed by atoms with Gasteiger partial charge in [-0.25, -0.2) is 0 Å². The first-order valence-electron chi connectivity index (χ1n) is 4.57. The van der Waals surface area contributed by atoms with E-state index in [1.165, 1.54) is 0 Å². The van der Waals surface area contributed by atoms with Crippen molar-refractivity contribution in [2.75, 3.05) is 7.11 Å². The number of carbonyl (C=O) groups is 1. The molecule has 0 spiro atoms. The van der Waals surface area contributed by atoms with E-state index in [4.69, 9.17) is 9.84 Å². The Bertz CT molecular complexity index is 349. The number of aliphatic carboxylic acids is 1. The molecule has 0 bridgehead atoms. The number of carboxylic acids is 1. The zero-order chi connectivity index (χ0) is 10.2. The Morgan fingerprint density at radius 1 is 1.36 bits per heavy atom. The Morgan fingerprint density at radius 3 is 2.29 bits per heavy atom. The minimum atomic E-state index is -0.720. The molecule has 1 aromatic rings. The molecule has 2 rings (SSSR count). The Hall–Kier alpha value is -1.51. The standard InChI is InChI=1S/C11H12O3/c1-14-9-4-2-8(3-5-9)11(6-7-11)10(12)13/h2-5H,6-7H2,1H3,(H,12,13). The molecule has 1 N–H and O–H groups in total. The lowest BCUT2D eigenvalue weighted by atomic mass is 9.96. The number of carboxylic acid groups (broad SMARTS) is 1. The summed E-state index contributed by atoms with van der Waals surface area (Å²) < 4.78 is 5.02. The van der Waals surface area contributed by atoms with Crippen LogP contribution in [0, 0.1) is 0 Å². The second-order valence-corrected chi connectivity index (χ2v) is 3.62. The topological polar surface area (TPSA) is 46.5 Å². The molecule has 0 unspecified atom stereocenters. The van der Waals surface area contributed by atoms with Crippen LogP contribution in [0.1, 0.15) is 18.4 Å². The number of hydrogen-bond acceptors (Lipinski definition) is 2. The molecule has 3 nitrogen and oxygen atoms in total. The van der Waals surface area contributed by atoms with Gasteiger partial charge in [-0.05, 0) is 30.5 Å². The molecule has 1 aliphatic rings. The van der Waals surface area contributed by atoms with E-state index in [2.05, 4.69) is 0 Å². The lowest BCUT2D eigenvalue weighted by Gasteiger charge is -2.10. The highest BCUT2D eigenvalue weighted by Gasteiger charge is 2.51. The smallest absolute Gasteiger partial charge is 0.314 e. The van der Waals surface area contributed by atoms with Crippen LogP contribution in [0.15, 0.2) is 24.3 Å². The minimum Gasteiger partial charge on any atom is -0.497 e. The van der Waals surface area contributed by atoms with E-state index < -0.39 is 11.4 Å². The SMILES string of the molecule is COc1ccc(C2(C(=O)O)CC2)cc1. The quantitative estimate of drug-likeness (QED) is 0.794. The minimum absolute atomic E-state index is 0.605. The third kappa shape index (κ3) is 1.25. The van der Waals surface area contributed by atoms with Crippen molar-refractivity contribution in [1.29, 1.82) is 0 Å². The second kappa shape index (κ2) is 3.01. The molecule has 1 fully saturated rings. The molecule has 0 heterocycles. The molecule has 3 heteroatoms. The number of rotatable bonds is 3. The molecular weight excluding hydrogens is 180 g/mol. The number of ether oxygens (including phenoxy) is 1. The molecule has 0 aromatic heterocycles. The fourth-order valence-corrected chi connectivity index (χ4v) is 1.66.